The molecule has 0 aromatic carbocycles. The Morgan fingerprint density at radius 2 is 2.35 bits per heavy atom. The van der Waals surface area contributed by atoms with Crippen LogP contribution in [-0.4, -0.2) is 34.1 Å². The van der Waals surface area contributed by atoms with Gasteiger partial charge in [0.25, 0.3) is 5.91 Å². The minimum Gasteiger partial charge on any atom is -0.395 e. The van der Waals surface area contributed by atoms with Crippen molar-refractivity contribution in [3.8, 4) is 0 Å². The van der Waals surface area contributed by atoms with Gasteiger partial charge in [0.15, 0.2) is 5.69 Å². The molecule has 108 valence electrons. The molecule has 0 radical (unpaired) electrons. The van der Waals surface area contributed by atoms with E-state index in [-0.39, 0.29) is 11.9 Å². The normalized spacial score (nSPS) is 12.3. The smallest absolute Gasteiger partial charge is 0.276 e. The van der Waals surface area contributed by atoms with E-state index in [1.807, 2.05) is 25.3 Å². The number of amides is 1. The molecule has 1 amide bonds. The summed E-state index contributed by atoms with van der Waals surface area (Å²) in [7, 11) is 1.79. The third kappa shape index (κ3) is 2.85. The van der Waals surface area contributed by atoms with E-state index < -0.39 is 0 Å². The van der Waals surface area contributed by atoms with Crippen molar-refractivity contribution in [3.63, 3.8) is 0 Å². The number of nitrogens with one attached hydrogen (secondary N) is 1. The molecule has 0 saturated heterocycles. The molecular formula is C14H20N4OS. The Labute approximate surface area is 122 Å². The minimum absolute atomic E-state index is 0.0994. The van der Waals surface area contributed by atoms with E-state index in [9.17, 15) is 4.79 Å². The molecule has 0 aliphatic rings. The van der Waals surface area contributed by atoms with Gasteiger partial charge in [-0.2, -0.15) is 5.10 Å². The second-order valence-corrected chi connectivity index (χ2v) is 5.90. The average Bonchev–Trinajstić information content (AvgIpc) is 3.06. The topological polar surface area (TPSA) is 75.0 Å². The highest BCUT2D eigenvalue weighted by molar-refractivity contribution is 7.09. The van der Waals surface area contributed by atoms with Gasteiger partial charge in [-0.05, 0) is 24.8 Å². The molecule has 0 aliphatic heterocycles. The summed E-state index contributed by atoms with van der Waals surface area (Å²) in [6.45, 7) is 4.00. The van der Waals surface area contributed by atoms with Crippen molar-refractivity contribution >= 4 is 22.9 Å². The number of H-pyrrole nitrogens is 1. The van der Waals surface area contributed by atoms with Gasteiger partial charge in [0.1, 0.15) is 0 Å². The van der Waals surface area contributed by atoms with Crippen LogP contribution < -0.4 is 5.73 Å². The van der Waals surface area contributed by atoms with Gasteiger partial charge in [-0.25, -0.2) is 0 Å². The molecule has 2 aromatic rings. The first-order chi connectivity index (χ1) is 9.54. The molecular weight excluding hydrogens is 272 g/mol. The fourth-order valence-electron chi connectivity index (χ4n) is 2.04. The number of likely N-dealkylation sites (N-methyl/N-ethyl adjacent to an activating group) is 1. The van der Waals surface area contributed by atoms with Crippen LogP contribution in [0.15, 0.2) is 17.5 Å². The number of carbonyl (C=O) groups excluding carboxylic acids is 1. The highest BCUT2D eigenvalue weighted by Crippen LogP contribution is 2.19. The lowest BCUT2D eigenvalue weighted by Gasteiger charge is -2.24. The van der Waals surface area contributed by atoms with Crippen LogP contribution in [0.4, 0.5) is 5.69 Å². The number of aromatic nitrogens is 2. The number of hydrogen-bond acceptors (Lipinski definition) is 4. The van der Waals surface area contributed by atoms with Crippen molar-refractivity contribution < 1.29 is 4.79 Å². The first-order valence-electron chi connectivity index (χ1n) is 6.66. The molecule has 2 aromatic heterocycles. The van der Waals surface area contributed by atoms with Crippen molar-refractivity contribution in [1.29, 1.82) is 0 Å². The molecule has 2 rings (SSSR count). The van der Waals surface area contributed by atoms with Crippen LogP contribution in [-0.2, 0) is 12.8 Å². The fraction of sp³-hybridized carbons (Fsp3) is 0.429. The van der Waals surface area contributed by atoms with Gasteiger partial charge in [-0.1, -0.05) is 13.0 Å². The standard InChI is InChI=1S/C14H20N4OS/c1-4-11-12(15)13(17-16-11)14(19)18(3)9(2)8-10-6-5-7-20-10/h5-7,9H,4,8,15H2,1-3H3,(H,16,17). The quantitative estimate of drug-likeness (QED) is 0.888. The number of aromatic amines is 1. The maximum Gasteiger partial charge on any atom is 0.276 e. The highest BCUT2D eigenvalue weighted by atomic mass is 32.1. The van der Waals surface area contributed by atoms with Crippen LogP contribution in [0, 0.1) is 0 Å². The summed E-state index contributed by atoms with van der Waals surface area (Å²) in [5, 5.41) is 8.92. The van der Waals surface area contributed by atoms with E-state index in [4.69, 9.17) is 5.73 Å². The number of rotatable bonds is 5. The first kappa shape index (κ1) is 14.6. The Kier molecular flexibility index (Phi) is 4.44. The minimum atomic E-state index is -0.137. The van der Waals surface area contributed by atoms with Gasteiger partial charge in [0.05, 0.1) is 11.4 Å². The zero-order valence-electron chi connectivity index (χ0n) is 12.0. The molecule has 0 bridgehead atoms. The maximum absolute atomic E-state index is 12.4. The Morgan fingerprint density at radius 3 is 2.90 bits per heavy atom. The molecule has 1 atom stereocenters. The Balaban J connectivity index is 2.09. The third-order valence-electron chi connectivity index (χ3n) is 3.50. The van der Waals surface area contributed by atoms with Gasteiger partial charge in [0, 0.05) is 24.4 Å². The maximum atomic E-state index is 12.4. The van der Waals surface area contributed by atoms with E-state index in [1.165, 1.54) is 4.88 Å². The molecule has 6 heteroatoms. The summed E-state index contributed by atoms with van der Waals surface area (Å²) in [5.41, 5.74) is 7.55. The number of anilines is 1. The van der Waals surface area contributed by atoms with Crippen molar-refractivity contribution in [1.82, 2.24) is 15.1 Å². The van der Waals surface area contributed by atoms with Gasteiger partial charge in [-0.15, -0.1) is 11.3 Å². The number of nitrogens with two attached hydrogens (primary N) is 1. The molecule has 0 saturated carbocycles. The molecule has 2 heterocycles. The zero-order chi connectivity index (χ0) is 14.7. The van der Waals surface area contributed by atoms with E-state index in [0.717, 1.165) is 18.5 Å². The number of aryl methyl sites for hydroxylation is 1. The number of nitrogen functional groups attached to an aromatic ring is 1. The molecule has 20 heavy (non-hydrogen) atoms. The lowest BCUT2D eigenvalue weighted by atomic mass is 10.1. The Bertz CT molecular complexity index is 576. The van der Waals surface area contributed by atoms with E-state index in [1.54, 1.807) is 23.3 Å². The number of carbonyl (C=O) groups is 1. The van der Waals surface area contributed by atoms with Crippen molar-refractivity contribution in [2.24, 2.45) is 0 Å². The predicted octanol–water partition coefficient (Wildman–Crippen LogP) is 2.32. The summed E-state index contributed by atoms with van der Waals surface area (Å²) in [4.78, 5) is 15.4. The molecule has 5 nitrogen and oxygen atoms in total. The van der Waals surface area contributed by atoms with Crippen LogP contribution in [0.25, 0.3) is 0 Å². The summed E-state index contributed by atoms with van der Waals surface area (Å²) in [6, 6.07) is 4.20. The number of thiophene rings is 1. The average molecular weight is 292 g/mol. The van der Waals surface area contributed by atoms with Crippen LogP contribution in [0.5, 0.6) is 0 Å². The van der Waals surface area contributed by atoms with Gasteiger partial charge >= 0.3 is 0 Å². The lowest BCUT2D eigenvalue weighted by Crippen LogP contribution is -2.36. The largest absolute Gasteiger partial charge is 0.395 e. The monoisotopic (exact) mass is 292 g/mol. The van der Waals surface area contributed by atoms with Crippen LogP contribution in [0.1, 0.15) is 34.9 Å². The van der Waals surface area contributed by atoms with Crippen LogP contribution >= 0.6 is 11.3 Å². The van der Waals surface area contributed by atoms with E-state index >= 15 is 0 Å². The first-order valence-corrected chi connectivity index (χ1v) is 7.54. The number of nitrogens with zero attached hydrogens (tertiary/aromatic N) is 2. The SMILES string of the molecule is CCc1[nH]nc(C(=O)N(C)C(C)Cc2cccs2)c1N. The third-order valence-corrected chi connectivity index (χ3v) is 4.40. The van der Waals surface area contributed by atoms with Gasteiger partial charge in [0.2, 0.25) is 0 Å². The molecule has 3 N–H and O–H groups in total. The summed E-state index contributed by atoms with van der Waals surface area (Å²) >= 11 is 1.70. The lowest BCUT2D eigenvalue weighted by molar-refractivity contribution is 0.0739. The highest BCUT2D eigenvalue weighted by Gasteiger charge is 2.23. The van der Waals surface area contributed by atoms with Crippen molar-refractivity contribution in [2.45, 2.75) is 32.7 Å². The van der Waals surface area contributed by atoms with Gasteiger partial charge < -0.3 is 10.6 Å². The van der Waals surface area contributed by atoms with Crippen molar-refractivity contribution in [2.75, 3.05) is 12.8 Å². The van der Waals surface area contributed by atoms with Crippen LogP contribution in [0.3, 0.4) is 0 Å². The Morgan fingerprint density at radius 1 is 1.60 bits per heavy atom. The number of hydrogen-bond donors (Lipinski definition) is 2. The summed E-state index contributed by atoms with van der Waals surface area (Å²) in [5.74, 6) is -0.137. The Hall–Kier alpha value is -1.82. The predicted molar refractivity (Wildman–Crippen MR) is 82.0 cm³/mol. The molecule has 0 aliphatic carbocycles. The fourth-order valence-corrected chi connectivity index (χ4v) is 2.87. The second kappa shape index (κ2) is 6.09. The molecule has 1 unspecified atom stereocenters. The second-order valence-electron chi connectivity index (χ2n) is 4.87. The molecule has 0 fully saturated rings. The van der Waals surface area contributed by atoms with Crippen molar-refractivity contribution in [3.05, 3.63) is 33.8 Å². The van der Waals surface area contributed by atoms with E-state index in [0.29, 0.717) is 11.4 Å². The van der Waals surface area contributed by atoms with Gasteiger partial charge in [-0.3, -0.25) is 9.89 Å². The molecule has 0 spiro atoms. The van der Waals surface area contributed by atoms with E-state index in [2.05, 4.69) is 16.3 Å². The van der Waals surface area contributed by atoms with Crippen LogP contribution in [0.2, 0.25) is 0 Å². The summed E-state index contributed by atoms with van der Waals surface area (Å²) < 4.78 is 0. The summed E-state index contributed by atoms with van der Waals surface area (Å²) in [6.07, 6.45) is 1.57. The zero-order valence-corrected chi connectivity index (χ0v) is 12.8.